The van der Waals surface area contributed by atoms with Gasteiger partial charge in [0.1, 0.15) is 5.82 Å². The number of aromatic nitrogens is 1. The van der Waals surface area contributed by atoms with Crippen molar-refractivity contribution < 1.29 is 4.39 Å². The van der Waals surface area contributed by atoms with Crippen LogP contribution in [0.15, 0.2) is 51.9 Å². The normalized spacial score (nSPS) is 12.4. The second-order valence-corrected chi connectivity index (χ2v) is 4.74. The van der Waals surface area contributed by atoms with Crippen LogP contribution in [-0.2, 0) is 0 Å². The van der Waals surface area contributed by atoms with Gasteiger partial charge in [0, 0.05) is 16.7 Å². The van der Waals surface area contributed by atoms with Gasteiger partial charge in [0.25, 0.3) is 5.56 Å². The highest BCUT2D eigenvalue weighted by molar-refractivity contribution is 9.10. The van der Waals surface area contributed by atoms with E-state index in [0.717, 1.165) is 10.0 Å². The number of halogens is 2. The van der Waals surface area contributed by atoms with E-state index in [4.69, 9.17) is 0 Å². The van der Waals surface area contributed by atoms with Gasteiger partial charge >= 0.3 is 0 Å². The molecule has 0 bridgehead atoms. The van der Waals surface area contributed by atoms with Gasteiger partial charge in [-0.1, -0.05) is 12.1 Å². The van der Waals surface area contributed by atoms with Gasteiger partial charge in [0.2, 0.25) is 0 Å². The third-order valence-corrected chi connectivity index (χ3v) is 3.12. The fourth-order valence-corrected chi connectivity index (χ4v) is 2.06. The first-order chi connectivity index (χ1) is 8.08. The molecule has 1 unspecified atom stereocenters. The molecule has 17 heavy (non-hydrogen) atoms. The number of hydrogen-bond donors (Lipinski definition) is 0. The second-order valence-electron chi connectivity index (χ2n) is 3.82. The monoisotopic (exact) mass is 295 g/mol. The lowest BCUT2D eigenvalue weighted by Gasteiger charge is -2.15. The largest absolute Gasteiger partial charge is 0.307 e. The molecule has 0 N–H and O–H groups in total. The minimum absolute atomic E-state index is 0.107. The Morgan fingerprint density at radius 2 is 2.06 bits per heavy atom. The highest BCUT2D eigenvalue weighted by Crippen LogP contribution is 2.18. The standard InChI is InChI=1S/C13H11BrFNO/c1-9(10-3-2-4-12(15)7-10)16-8-11(14)5-6-13(16)17/h2-9H,1H3. The number of nitrogens with zero attached hydrogens (tertiary/aromatic N) is 1. The van der Waals surface area contributed by atoms with Gasteiger partial charge in [-0.05, 0) is 46.6 Å². The summed E-state index contributed by atoms with van der Waals surface area (Å²) in [5.74, 6) is -0.294. The Labute approximate surface area is 107 Å². The molecular weight excluding hydrogens is 285 g/mol. The first-order valence-electron chi connectivity index (χ1n) is 5.21. The van der Waals surface area contributed by atoms with E-state index >= 15 is 0 Å². The van der Waals surface area contributed by atoms with Crippen LogP contribution in [0.4, 0.5) is 4.39 Å². The van der Waals surface area contributed by atoms with Crippen molar-refractivity contribution in [1.82, 2.24) is 4.57 Å². The zero-order valence-electron chi connectivity index (χ0n) is 9.23. The molecule has 88 valence electrons. The molecule has 0 aliphatic heterocycles. The lowest BCUT2D eigenvalue weighted by atomic mass is 10.1. The Balaban J connectivity index is 2.47. The van der Waals surface area contributed by atoms with Crippen LogP contribution in [0.5, 0.6) is 0 Å². The van der Waals surface area contributed by atoms with Crippen molar-refractivity contribution >= 4 is 15.9 Å². The second kappa shape index (κ2) is 4.84. The Kier molecular flexibility index (Phi) is 3.43. The van der Waals surface area contributed by atoms with E-state index < -0.39 is 0 Å². The minimum atomic E-state index is -0.294. The molecule has 2 nitrogen and oxygen atoms in total. The molecule has 0 aliphatic carbocycles. The third-order valence-electron chi connectivity index (χ3n) is 2.65. The summed E-state index contributed by atoms with van der Waals surface area (Å²) in [7, 11) is 0. The van der Waals surface area contributed by atoms with Crippen LogP contribution in [0, 0.1) is 5.82 Å². The molecule has 1 aromatic carbocycles. The fourth-order valence-electron chi connectivity index (χ4n) is 1.71. The molecule has 0 saturated heterocycles. The van der Waals surface area contributed by atoms with E-state index in [-0.39, 0.29) is 17.4 Å². The van der Waals surface area contributed by atoms with Crippen LogP contribution in [0.25, 0.3) is 0 Å². The molecule has 0 saturated carbocycles. The van der Waals surface area contributed by atoms with Crippen molar-refractivity contribution in [1.29, 1.82) is 0 Å². The van der Waals surface area contributed by atoms with Gasteiger partial charge in [-0.2, -0.15) is 0 Å². The van der Waals surface area contributed by atoms with Crippen molar-refractivity contribution in [2.24, 2.45) is 0 Å². The molecule has 1 atom stereocenters. The van der Waals surface area contributed by atoms with Gasteiger partial charge < -0.3 is 4.57 Å². The Hall–Kier alpha value is -1.42. The zero-order chi connectivity index (χ0) is 12.4. The molecule has 0 aliphatic rings. The van der Waals surface area contributed by atoms with E-state index in [1.54, 1.807) is 29.0 Å². The Morgan fingerprint density at radius 3 is 2.76 bits per heavy atom. The van der Waals surface area contributed by atoms with Gasteiger partial charge in [-0.3, -0.25) is 4.79 Å². The Bertz CT molecular complexity index is 594. The van der Waals surface area contributed by atoms with Crippen molar-refractivity contribution in [3.05, 3.63) is 68.8 Å². The molecular formula is C13H11BrFNO. The van der Waals surface area contributed by atoms with Crippen LogP contribution in [-0.4, -0.2) is 4.57 Å². The van der Waals surface area contributed by atoms with Crippen molar-refractivity contribution in [3.63, 3.8) is 0 Å². The van der Waals surface area contributed by atoms with Gasteiger partial charge in [-0.15, -0.1) is 0 Å². The zero-order valence-corrected chi connectivity index (χ0v) is 10.8. The lowest BCUT2D eigenvalue weighted by molar-refractivity contribution is 0.592. The molecule has 4 heteroatoms. The summed E-state index contributed by atoms with van der Waals surface area (Å²) < 4.78 is 15.5. The van der Waals surface area contributed by atoms with Gasteiger partial charge in [0.05, 0.1) is 6.04 Å². The van der Waals surface area contributed by atoms with E-state index in [1.165, 1.54) is 18.2 Å². The molecule has 2 aromatic rings. The average molecular weight is 296 g/mol. The molecule has 0 radical (unpaired) electrons. The molecule has 1 aromatic heterocycles. The van der Waals surface area contributed by atoms with Crippen molar-refractivity contribution in [2.45, 2.75) is 13.0 Å². The summed E-state index contributed by atoms with van der Waals surface area (Å²) in [6.45, 7) is 1.86. The number of rotatable bonds is 2. The molecule has 0 amide bonds. The summed E-state index contributed by atoms with van der Waals surface area (Å²) in [5.41, 5.74) is 0.662. The first kappa shape index (κ1) is 12.0. The minimum Gasteiger partial charge on any atom is -0.307 e. The van der Waals surface area contributed by atoms with E-state index in [9.17, 15) is 9.18 Å². The fraction of sp³-hybridized carbons (Fsp3) is 0.154. The maximum Gasteiger partial charge on any atom is 0.251 e. The van der Waals surface area contributed by atoms with E-state index in [2.05, 4.69) is 15.9 Å². The molecule has 2 rings (SSSR count). The predicted octanol–water partition coefficient (Wildman–Crippen LogP) is 3.36. The summed E-state index contributed by atoms with van der Waals surface area (Å²) in [6, 6.07) is 9.26. The predicted molar refractivity (Wildman–Crippen MR) is 68.6 cm³/mol. The van der Waals surface area contributed by atoms with Crippen molar-refractivity contribution in [3.8, 4) is 0 Å². The van der Waals surface area contributed by atoms with Crippen molar-refractivity contribution in [2.75, 3.05) is 0 Å². The topological polar surface area (TPSA) is 22.0 Å². The maximum absolute atomic E-state index is 13.1. The summed E-state index contributed by atoms with van der Waals surface area (Å²) in [5, 5.41) is 0. The molecule has 0 fully saturated rings. The van der Waals surface area contributed by atoms with Crippen LogP contribution in [0.2, 0.25) is 0 Å². The molecule has 0 spiro atoms. The highest BCUT2D eigenvalue weighted by atomic mass is 79.9. The maximum atomic E-state index is 13.1. The lowest BCUT2D eigenvalue weighted by Crippen LogP contribution is -2.22. The average Bonchev–Trinajstić information content (AvgIpc) is 2.31. The molecule has 1 heterocycles. The van der Waals surface area contributed by atoms with Crippen LogP contribution in [0.1, 0.15) is 18.5 Å². The number of pyridine rings is 1. The van der Waals surface area contributed by atoms with Crippen LogP contribution >= 0.6 is 15.9 Å². The van der Waals surface area contributed by atoms with Crippen LogP contribution < -0.4 is 5.56 Å². The quantitative estimate of drug-likeness (QED) is 0.833. The highest BCUT2D eigenvalue weighted by Gasteiger charge is 2.09. The van der Waals surface area contributed by atoms with E-state index in [1.807, 2.05) is 6.92 Å². The van der Waals surface area contributed by atoms with Gasteiger partial charge in [-0.25, -0.2) is 4.39 Å². The van der Waals surface area contributed by atoms with E-state index in [0.29, 0.717) is 0 Å². The van der Waals surface area contributed by atoms with Gasteiger partial charge in [0.15, 0.2) is 0 Å². The number of hydrogen-bond acceptors (Lipinski definition) is 1. The number of benzene rings is 1. The summed E-state index contributed by atoms with van der Waals surface area (Å²) in [4.78, 5) is 11.7. The van der Waals surface area contributed by atoms with Crippen LogP contribution in [0.3, 0.4) is 0 Å². The SMILES string of the molecule is CC(c1cccc(F)c1)n1cc(Br)ccc1=O. The Morgan fingerprint density at radius 1 is 1.29 bits per heavy atom. The summed E-state index contributed by atoms with van der Waals surface area (Å²) >= 11 is 3.32. The first-order valence-corrected chi connectivity index (χ1v) is 6.00. The smallest absolute Gasteiger partial charge is 0.251 e. The summed E-state index contributed by atoms with van der Waals surface area (Å²) in [6.07, 6.45) is 1.71. The third kappa shape index (κ3) is 2.64.